The van der Waals surface area contributed by atoms with Gasteiger partial charge in [-0.1, -0.05) is 42.0 Å². The molecule has 1 aliphatic carbocycles. The van der Waals surface area contributed by atoms with E-state index in [1.807, 2.05) is 12.2 Å². The van der Waals surface area contributed by atoms with Crippen LogP contribution in [0, 0.1) is 11.8 Å². The van der Waals surface area contributed by atoms with Crippen molar-refractivity contribution in [1.29, 1.82) is 0 Å². The highest BCUT2D eigenvalue weighted by atomic mass is 35.5. The van der Waals surface area contributed by atoms with Gasteiger partial charge in [-0.05, 0) is 43.4 Å². The quantitative estimate of drug-likeness (QED) is 0.321. The second kappa shape index (κ2) is 12.0. The highest BCUT2D eigenvalue weighted by Crippen LogP contribution is 2.36. The van der Waals surface area contributed by atoms with E-state index < -0.39 is 24.3 Å². The highest BCUT2D eigenvalue weighted by Gasteiger charge is 2.39. The Morgan fingerprint density at radius 2 is 2.07 bits per heavy atom. The maximum Gasteiger partial charge on any atom is 0.303 e. The van der Waals surface area contributed by atoms with Gasteiger partial charge in [0.25, 0.3) is 0 Å². The van der Waals surface area contributed by atoms with Gasteiger partial charge in [0.05, 0.1) is 12.2 Å². The first-order valence-electron chi connectivity index (χ1n) is 9.84. The van der Waals surface area contributed by atoms with E-state index in [2.05, 4.69) is 0 Å². The van der Waals surface area contributed by atoms with Crippen molar-refractivity contribution in [2.45, 2.75) is 50.4 Å². The second-order valence-electron chi connectivity index (χ2n) is 7.33. The third kappa shape index (κ3) is 8.19. The number of carbonyl (C=O) groups is 1. The molecule has 4 N–H and O–H groups in total. The topological polar surface area (TPSA) is 107 Å². The first kappa shape index (κ1) is 23.4. The van der Waals surface area contributed by atoms with Gasteiger partial charge in [0.1, 0.15) is 18.5 Å². The molecular formula is C22H29ClO6. The number of unbranched alkanes of at least 4 members (excludes halogenated alkanes) is 1. The Bertz CT molecular complexity index is 704. The number of halogens is 1. The molecule has 1 aliphatic rings. The third-order valence-electron chi connectivity index (χ3n) is 5.02. The van der Waals surface area contributed by atoms with Crippen molar-refractivity contribution in [2.24, 2.45) is 11.8 Å². The summed E-state index contributed by atoms with van der Waals surface area (Å²) in [4.78, 5) is 10.5. The number of carboxylic acids is 1. The number of allylic oxidation sites excluding steroid dienone is 2. The van der Waals surface area contributed by atoms with Crippen molar-refractivity contribution in [2.75, 3.05) is 6.61 Å². The van der Waals surface area contributed by atoms with Gasteiger partial charge in [0.2, 0.25) is 0 Å². The predicted molar refractivity (Wildman–Crippen MR) is 111 cm³/mol. The van der Waals surface area contributed by atoms with Gasteiger partial charge in [-0.15, -0.1) is 0 Å². The molecule has 1 saturated carbocycles. The molecule has 1 aromatic rings. The number of carboxylic acid groups (broad SMARTS) is 1. The van der Waals surface area contributed by atoms with Crippen LogP contribution in [-0.2, 0) is 4.79 Å². The van der Waals surface area contributed by atoms with E-state index in [1.54, 1.807) is 36.4 Å². The fourth-order valence-electron chi connectivity index (χ4n) is 3.50. The molecule has 2 rings (SSSR count). The molecule has 29 heavy (non-hydrogen) atoms. The Morgan fingerprint density at radius 1 is 1.28 bits per heavy atom. The molecule has 160 valence electrons. The van der Waals surface area contributed by atoms with Crippen LogP contribution in [0.1, 0.15) is 32.1 Å². The molecule has 0 heterocycles. The summed E-state index contributed by atoms with van der Waals surface area (Å²) < 4.78 is 5.51. The molecule has 5 atom stereocenters. The standard InChI is InChI=1S/C22H29ClO6/c23-15-6-5-7-17(12-15)29-14-16(24)10-11-19-18(20(25)13-21(19)26)8-3-1-2-4-9-22(27)28/h1,3,5-7,10-12,16,18-21,24-26H,2,4,8-9,13-14H2,(H,27,28)/b3-1-,11-10+/t16-,18-,19+,20+,21+/m0/s1. The van der Waals surface area contributed by atoms with Crippen LogP contribution in [0.3, 0.4) is 0 Å². The lowest BCUT2D eigenvalue weighted by molar-refractivity contribution is -0.137. The van der Waals surface area contributed by atoms with Crippen LogP contribution >= 0.6 is 11.6 Å². The van der Waals surface area contributed by atoms with Crippen molar-refractivity contribution in [3.8, 4) is 5.75 Å². The van der Waals surface area contributed by atoms with Gasteiger partial charge in [0.15, 0.2) is 0 Å². The number of hydrogen-bond acceptors (Lipinski definition) is 5. The van der Waals surface area contributed by atoms with E-state index in [9.17, 15) is 20.1 Å². The number of ether oxygens (including phenoxy) is 1. The van der Waals surface area contributed by atoms with Gasteiger partial charge in [0, 0.05) is 23.8 Å². The minimum absolute atomic E-state index is 0.0519. The van der Waals surface area contributed by atoms with E-state index in [-0.39, 0.29) is 24.9 Å². The Labute approximate surface area is 176 Å². The lowest BCUT2D eigenvalue weighted by Crippen LogP contribution is -2.21. The third-order valence-corrected chi connectivity index (χ3v) is 5.26. The predicted octanol–water partition coefficient (Wildman–Crippen LogP) is 3.20. The molecule has 0 aromatic heterocycles. The number of aliphatic hydroxyl groups is 3. The minimum atomic E-state index is -0.855. The smallest absolute Gasteiger partial charge is 0.303 e. The average Bonchev–Trinajstić information content (AvgIpc) is 2.93. The molecule has 0 radical (unpaired) electrons. The molecule has 0 aliphatic heterocycles. The van der Waals surface area contributed by atoms with Gasteiger partial charge in [-0.2, -0.15) is 0 Å². The van der Waals surface area contributed by atoms with E-state index in [1.165, 1.54) is 0 Å². The monoisotopic (exact) mass is 424 g/mol. The number of aliphatic carboxylic acids is 1. The van der Waals surface area contributed by atoms with E-state index in [4.69, 9.17) is 21.4 Å². The fraction of sp³-hybridized carbons (Fsp3) is 0.500. The van der Waals surface area contributed by atoms with Crippen LogP contribution in [0.4, 0.5) is 0 Å². The van der Waals surface area contributed by atoms with E-state index >= 15 is 0 Å². The van der Waals surface area contributed by atoms with Crippen molar-refractivity contribution >= 4 is 17.6 Å². The van der Waals surface area contributed by atoms with E-state index in [0.717, 1.165) is 0 Å². The number of aliphatic hydroxyl groups excluding tert-OH is 3. The largest absolute Gasteiger partial charge is 0.491 e. The van der Waals surface area contributed by atoms with Crippen LogP contribution in [-0.4, -0.2) is 51.3 Å². The summed E-state index contributed by atoms with van der Waals surface area (Å²) in [6.07, 6.45) is 7.26. The van der Waals surface area contributed by atoms with Crippen LogP contribution in [0.2, 0.25) is 5.02 Å². The van der Waals surface area contributed by atoms with Crippen LogP contribution in [0.25, 0.3) is 0 Å². The van der Waals surface area contributed by atoms with Crippen molar-refractivity contribution < 1.29 is 30.0 Å². The summed E-state index contributed by atoms with van der Waals surface area (Å²) in [5.41, 5.74) is 0. The first-order valence-corrected chi connectivity index (χ1v) is 10.2. The van der Waals surface area contributed by atoms with Gasteiger partial charge in [-0.3, -0.25) is 4.79 Å². The Hall–Kier alpha value is -1.86. The van der Waals surface area contributed by atoms with Crippen molar-refractivity contribution in [3.05, 3.63) is 53.6 Å². The molecule has 0 amide bonds. The van der Waals surface area contributed by atoms with Gasteiger partial charge < -0.3 is 25.2 Å². The molecule has 0 bridgehead atoms. The van der Waals surface area contributed by atoms with Crippen LogP contribution in [0.15, 0.2) is 48.6 Å². The average molecular weight is 425 g/mol. The summed E-state index contributed by atoms with van der Waals surface area (Å²) in [6.45, 7) is 0.0519. The molecule has 7 heteroatoms. The van der Waals surface area contributed by atoms with Crippen molar-refractivity contribution in [1.82, 2.24) is 0 Å². The van der Waals surface area contributed by atoms with Gasteiger partial charge in [-0.25, -0.2) is 0 Å². The van der Waals surface area contributed by atoms with Crippen LogP contribution in [0.5, 0.6) is 5.75 Å². The molecule has 1 aromatic carbocycles. The fourth-order valence-corrected chi connectivity index (χ4v) is 3.68. The zero-order valence-corrected chi connectivity index (χ0v) is 17.0. The Kier molecular flexibility index (Phi) is 9.67. The highest BCUT2D eigenvalue weighted by molar-refractivity contribution is 6.30. The second-order valence-corrected chi connectivity index (χ2v) is 7.76. The van der Waals surface area contributed by atoms with Crippen LogP contribution < -0.4 is 4.74 Å². The molecular weight excluding hydrogens is 396 g/mol. The SMILES string of the molecule is O=C(O)CCC/C=C\C[C@H]1[C@@H](/C=C/[C@H](O)COc2cccc(Cl)c2)[C@H](O)C[C@H]1O. The Morgan fingerprint density at radius 3 is 2.79 bits per heavy atom. The number of benzene rings is 1. The molecule has 0 unspecified atom stereocenters. The summed E-state index contributed by atoms with van der Waals surface area (Å²) >= 11 is 5.90. The normalized spacial score (nSPS) is 25.7. The zero-order valence-electron chi connectivity index (χ0n) is 16.2. The minimum Gasteiger partial charge on any atom is -0.491 e. The lowest BCUT2D eigenvalue weighted by Gasteiger charge is -2.19. The Balaban J connectivity index is 1.83. The number of rotatable bonds is 11. The summed E-state index contributed by atoms with van der Waals surface area (Å²) in [5.74, 6) is -0.671. The molecule has 1 fully saturated rings. The number of hydrogen-bond donors (Lipinski definition) is 4. The molecule has 0 saturated heterocycles. The summed E-state index contributed by atoms with van der Waals surface area (Å²) in [5, 5.41) is 39.8. The zero-order chi connectivity index (χ0) is 21.2. The van der Waals surface area contributed by atoms with Gasteiger partial charge >= 0.3 is 5.97 Å². The van der Waals surface area contributed by atoms with Crippen molar-refractivity contribution in [3.63, 3.8) is 0 Å². The first-order chi connectivity index (χ1) is 13.9. The lowest BCUT2D eigenvalue weighted by atomic mass is 9.89. The maximum absolute atomic E-state index is 10.5. The maximum atomic E-state index is 10.5. The summed E-state index contributed by atoms with van der Waals surface area (Å²) in [7, 11) is 0. The molecule has 6 nitrogen and oxygen atoms in total. The molecule has 0 spiro atoms. The van der Waals surface area contributed by atoms with E-state index in [0.29, 0.717) is 36.5 Å². The summed E-state index contributed by atoms with van der Waals surface area (Å²) in [6, 6.07) is 6.90.